The van der Waals surface area contributed by atoms with Gasteiger partial charge in [-0.1, -0.05) is 35.9 Å². The highest BCUT2D eigenvalue weighted by Crippen LogP contribution is 2.35. The van der Waals surface area contributed by atoms with Gasteiger partial charge < -0.3 is 15.6 Å². The number of carbonyl (C=O) groups excluding carboxylic acids is 1. The summed E-state index contributed by atoms with van der Waals surface area (Å²) in [6.07, 6.45) is 0. The van der Waals surface area contributed by atoms with Crippen molar-refractivity contribution in [3.63, 3.8) is 0 Å². The molecule has 0 radical (unpaired) electrons. The van der Waals surface area contributed by atoms with E-state index >= 15 is 0 Å². The van der Waals surface area contributed by atoms with Crippen LogP contribution in [-0.4, -0.2) is 29.4 Å². The van der Waals surface area contributed by atoms with Gasteiger partial charge in [0.15, 0.2) is 5.03 Å². The third-order valence-electron chi connectivity index (χ3n) is 5.67. The summed E-state index contributed by atoms with van der Waals surface area (Å²) in [5.74, 6) is -0.571. The summed E-state index contributed by atoms with van der Waals surface area (Å²) < 4.78 is 33.8. The SMILES string of the molecule is Cc1cc(C)c(Oc2nc(-c3cccc(C)c3O)ccc2C(=O)NS(=O)(=O)c2cccc(N)n2)c(C)c1. The van der Waals surface area contributed by atoms with Crippen LogP contribution in [0.4, 0.5) is 5.82 Å². The minimum atomic E-state index is -4.33. The van der Waals surface area contributed by atoms with Gasteiger partial charge in [-0.15, -0.1) is 0 Å². The van der Waals surface area contributed by atoms with E-state index in [0.29, 0.717) is 22.6 Å². The maximum absolute atomic E-state index is 13.2. The number of rotatable bonds is 6. The first-order valence-corrected chi connectivity index (χ1v) is 12.8. The number of sulfonamides is 1. The van der Waals surface area contributed by atoms with Gasteiger partial charge in [-0.25, -0.2) is 14.7 Å². The minimum absolute atomic E-state index is 0.00588. The number of aromatic hydroxyl groups is 1. The lowest BCUT2D eigenvalue weighted by Gasteiger charge is -2.16. The third kappa shape index (κ3) is 5.39. The Kier molecular flexibility index (Phi) is 6.86. The maximum Gasteiger partial charge on any atom is 0.281 e. The lowest BCUT2D eigenvalue weighted by molar-refractivity contribution is 0.0978. The predicted octanol–water partition coefficient (Wildman–Crippen LogP) is 4.58. The number of phenols is 1. The number of amides is 1. The normalized spacial score (nSPS) is 11.2. The van der Waals surface area contributed by atoms with E-state index in [1.54, 1.807) is 25.1 Å². The smallest absolute Gasteiger partial charge is 0.281 e. The van der Waals surface area contributed by atoms with Crippen LogP contribution < -0.4 is 15.2 Å². The number of hydrogen-bond acceptors (Lipinski definition) is 8. The van der Waals surface area contributed by atoms with Crippen molar-refractivity contribution in [2.24, 2.45) is 0 Å². The molecule has 2 aromatic heterocycles. The third-order valence-corrected chi connectivity index (χ3v) is 6.90. The Morgan fingerprint density at radius 3 is 2.27 bits per heavy atom. The van der Waals surface area contributed by atoms with Crippen molar-refractivity contribution in [2.45, 2.75) is 32.7 Å². The lowest BCUT2D eigenvalue weighted by Crippen LogP contribution is -2.31. The molecule has 0 aliphatic carbocycles. The Bertz CT molecular complexity index is 1610. The van der Waals surface area contributed by atoms with Gasteiger partial charge in [-0.3, -0.25) is 4.79 Å². The molecule has 2 aromatic carbocycles. The zero-order valence-corrected chi connectivity index (χ0v) is 21.6. The van der Waals surface area contributed by atoms with Crippen LogP contribution in [0.3, 0.4) is 0 Å². The van der Waals surface area contributed by atoms with E-state index < -0.39 is 21.0 Å². The van der Waals surface area contributed by atoms with E-state index in [2.05, 4.69) is 9.97 Å². The summed E-state index contributed by atoms with van der Waals surface area (Å²) in [6, 6.07) is 16.1. The molecule has 9 nitrogen and oxygen atoms in total. The number of pyridine rings is 2. The molecular formula is C27H26N4O5S. The molecule has 0 unspecified atom stereocenters. The van der Waals surface area contributed by atoms with E-state index in [4.69, 9.17) is 10.5 Å². The van der Waals surface area contributed by atoms with E-state index in [-0.39, 0.29) is 23.0 Å². The standard InChI is InChI=1S/C27H26N4O5S/c1-15-13-17(3)25(18(4)14-15)36-27-20(11-12-21(29-27)19-8-5-7-16(2)24(19)32)26(33)31-37(34,35)23-10-6-9-22(28)30-23/h5-14,32H,1-4H3,(H2,28,30)(H,31,33). The molecule has 0 aliphatic rings. The Morgan fingerprint density at radius 2 is 1.59 bits per heavy atom. The average Bonchev–Trinajstić information content (AvgIpc) is 2.82. The number of nitrogens with two attached hydrogens (primary N) is 1. The fourth-order valence-corrected chi connectivity index (χ4v) is 4.88. The Balaban J connectivity index is 1.81. The van der Waals surface area contributed by atoms with Crippen LogP contribution in [-0.2, 0) is 10.0 Å². The zero-order valence-electron chi connectivity index (χ0n) is 20.7. The van der Waals surface area contributed by atoms with Crippen molar-refractivity contribution in [2.75, 3.05) is 5.73 Å². The zero-order chi connectivity index (χ0) is 26.9. The van der Waals surface area contributed by atoms with Gasteiger partial charge in [0.1, 0.15) is 22.9 Å². The molecule has 4 N–H and O–H groups in total. The van der Waals surface area contributed by atoms with E-state index in [9.17, 15) is 18.3 Å². The largest absolute Gasteiger partial charge is 0.507 e. The van der Waals surface area contributed by atoms with Crippen LogP contribution in [0.5, 0.6) is 17.4 Å². The van der Waals surface area contributed by atoms with Crippen molar-refractivity contribution in [1.29, 1.82) is 0 Å². The molecule has 1 amide bonds. The number of ether oxygens (including phenoxy) is 1. The highest BCUT2D eigenvalue weighted by molar-refractivity contribution is 7.90. The molecule has 0 bridgehead atoms. The summed E-state index contributed by atoms with van der Waals surface area (Å²) in [5, 5.41) is 10.2. The number of nitrogens with one attached hydrogen (secondary N) is 1. The molecule has 4 aromatic rings. The van der Waals surface area contributed by atoms with Crippen molar-refractivity contribution in [3.05, 3.63) is 88.5 Å². The molecule has 0 spiro atoms. The van der Waals surface area contributed by atoms with Crippen LogP contribution in [0.2, 0.25) is 0 Å². The van der Waals surface area contributed by atoms with Crippen molar-refractivity contribution in [3.8, 4) is 28.6 Å². The van der Waals surface area contributed by atoms with E-state index in [1.807, 2.05) is 37.6 Å². The van der Waals surface area contributed by atoms with Gasteiger partial charge in [-0.2, -0.15) is 8.42 Å². The summed E-state index contributed by atoms with van der Waals surface area (Å²) >= 11 is 0. The summed E-state index contributed by atoms with van der Waals surface area (Å²) in [7, 11) is -4.33. The topological polar surface area (TPSA) is 144 Å². The van der Waals surface area contributed by atoms with Crippen molar-refractivity contribution >= 4 is 21.7 Å². The fraction of sp³-hybridized carbons (Fsp3) is 0.148. The quantitative estimate of drug-likeness (QED) is 0.336. The first-order valence-electron chi connectivity index (χ1n) is 11.3. The maximum atomic E-state index is 13.2. The van der Waals surface area contributed by atoms with Gasteiger partial charge in [-0.05, 0) is 74.7 Å². The second-order valence-electron chi connectivity index (χ2n) is 8.69. The number of para-hydroxylation sites is 1. The molecule has 10 heteroatoms. The van der Waals surface area contributed by atoms with Gasteiger partial charge in [0.25, 0.3) is 15.9 Å². The van der Waals surface area contributed by atoms with Gasteiger partial charge in [0.2, 0.25) is 5.88 Å². The number of aryl methyl sites for hydroxylation is 4. The number of nitrogen functional groups attached to an aromatic ring is 1. The molecule has 0 saturated carbocycles. The van der Waals surface area contributed by atoms with Crippen LogP contribution in [0.25, 0.3) is 11.3 Å². The molecular weight excluding hydrogens is 492 g/mol. The summed E-state index contributed by atoms with van der Waals surface area (Å²) in [6.45, 7) is 7.44. The van der Waals surface area contributed by atoms with E-state index in [1.165, 1.54) is 30.3 Å². The van der Waals surface area contributed by atoms with Crippen molar-refractivity contribution < 1.29 is 23.1 Å². The monoisotopic (exact) mass is 518 g/mol. The minimum Gasteiger partial charge on any atom is -0.507 e. The first-order chi connectivity index (χ1) is 17.5. The molecule has 0 fully saturated rings. The Morgan fingerprint density at radius 1 is 0.919 bits per heavy atom. The van der Waals surface area contributed by atoms with Crippen LogP contribution in [0.15, 0.2) is 65.7 Å². The van der Waals surface area contributed by atoms with Gasteiger partial charge >= 0.3 is 0 Å². The van der Waals surface area contributed by atoms with Crippen LogP contribution in [0.1, 0.15) is 32.6 Å². The number of nitrogens with zero attached hydrogens (tertiary/aromatic N) is 2. The van der Waals surface area contributed by atoms with Crippen molar-refractivity contribution in [1.82, 2.24) is 14.7 Å². The lowest BCUT2D eigenvalue weighted by atomic mass is 10.1. The average molecular weight is 519 g/mol. The van der Waals surface area contributed by atoms with Gasteiger partial charge in [0, 0.05) is 5.56 Å². The number of anilines is 1. The first kappa shape index (κ1) is 25.6. The van der Waals surface area contributed by atoms with E-state index in [0.717, 1.165) is 16.7 Å². The Hall–Kier alpha value is -4.44. The second kappa shape index (κ2) is 9.90. The van der Waals surface area contributed by atoms with Gasteiger partial charge in [0.05, 0.1) is 5.69 Å². The molecule has 0 saturated heterocycles. The summed E-state index contributed by atoms with van der Waals surface area (Å²) in [5.41, 5.74) is 9.56. The molecule has 190 valence electrons. The molecule has 4 rings (SSSR count). The molecule has 2 heterocycles. The highest BCUT2D eigenvalue weighted by atomic mass is 32.2. The van der Waals surface area contributed by atoms with Crippen LogP contribution in [0, 0.1) is 27.7 Å². The Labute approximate surface area is 215 Å². The number of aromatic nitrogens is 2. The summed E-state index contributed by atoms with van der Waals surface area (Å²) in [4.78, 5) is 21.5. The number of phenolic OH excluding ortho intramolecular Hbond substituents is 1. The van der Waals surface area contributed by atoms with Crippen LogP contribution >= 0.6 is 0 Å². The highest BCUT2D eigenvalue weighted by Gasteiger charge is 2.25. The number of benzene rings is 2. The number of carbonyl (C=O) groups is 1. The molecule has 37 heavy (non-hydrogen) atoms. The fourth-order valence-electron chi connectivity index (χ4n) is 3.94. The molecule has 0 aliphatic heterocycles. The number of hydrogen-bond donors (Lipinski definition) is 3. The predicted molar refractivity (Wildman–Crippen MR) is 140 cm³/mol. The molecule has 0 atom stereocenters. The second-order valence-corrected chi connectivity index (χ2v) is 10.3.